The van der Waals surface area contributed by atoms with Gasteiger partial charge in [-0.05, 0) is 30.7 Å². The van der Waals surface area contributed by atoms with E-state index in [0.29, 0.717) is 28.5 Å². The second-order valence-electron chi connectivity index (χ2n) is 6.22. The molecule has 0 fully saturated rings. The van der Waals surface area contributed by atoms with E-state index in [4.69, 9.17) is 14.2 Å². The van der Waals surface area contributed by atoms with E-state index in [9.17, 15) is 9.59 Å². The number of hydrogen-bond donors (Lipinski definition) is 1. The number of ether oxygens (including phenoxy) is 3. The van der Waals surface area contributed by atoms with E-state index in [-0.39, 0.29) is 18.0 Å². The number of methoxy groups -OCH3 is 3. The fourth-order valence-electron chi connectivity index (χ4n) is 3.13. The second kappa shape index (κ2) is 8.04. The maximum Gasteiger partial charge on any atom is 0.251 e. The number of aromatic nitrogens is 1. The standard InChI is InChI=1S/C21H22N2O5/c1-13-10-20(25)23(21-15(13)6-5-7-17(21)27-3)12-19(24)22-16-9-8-14(26-2)11-18(16)28-4/h5-11H,12H2,1-4H3,(H,22,24). The number of nitrogens with one attached hydrogen (secondary N) is 1. The molecule has 0 bridgehead atoms. The Morgan fingerprint density at radius 2 is 1.75 bits per heavy atom. The van der Waals surface area contributed by atoms with Gasteiger partial charge in [-0.3, -0.25) is 14.2 Å². The number of nitrogens with zero attached hydrogens (tertiary/aromatic N) is 1. The van der Waals surface area contributed by atoms with E-state index in [1.54, 1.807) is 31.4 Å². The van der Waals surface area contributed by atoms with E-state index in [2.05, 4.69) is 5.32 Å². The van der Waals surface area contributed by atoms with Gasteiger partial charge in [0.25, 0.3) is 5.56 Å². The Balaban J connectivity index is 1.97. The van der Waals surface area contributed by atoms with Gasteiger partial charge < -0.3 is 19.5 Å². The molecule has 0 unspecified atom stereocenters. The monoisotopic (exact) mass is 382 g/mol. The predicted molar refractivity (Wildman–Crippen MR) is 108 cm³/mol. The van der Waals surface area contributed by atoms with Crippen LogP contribution in [0.15, 0.2) is 47.3 Å². The molecule has 1 heterocycles. The van der Waals surface area contributed by atoms with Crippen molar-refractivity contribution in [3.05, 3.63) is 58.4 Å². The van der Waals surface area contributed by atoms with Crippen molar-refractivity contribution in [3.8, 4) is 17.2 Å². The van der Waals surface area contributed by atoms with Gasteiger partial charge in [0.1, 0.15) is 23.8 Å². The molecular formula is C21H22N2O5. The number of para-hydroxylation sites is 1. The number of pyridine rings is 1. The van der Waals surface area contributed by atoms with Crippen molar-refractivity contribution < 1.29 is 19.0 Å². The number of hydrogen-bond acceptors (Lipinski definition) is 5. The van der Waals surface area contributed by atoms with Crippen molar-refractivity contribution in [2.24, 2.45) is 0 Å². The minimum absolute atomic E-state index is 0.162. The third-order valence-electron chi connectivity index (χ3n) is 4.50. The summed E-state index contributed by atoms with van der Waals surface area (Å²) in [7, 11) is 4.59. The molecule has 7 heteroatoms. The quantitative estimate of drug-likeness (QED) is 0.709. The Labute approximate surface area is 162 Å². The first-order valence-corrected chi connectivity index (χ1v) is 8.67. The van der Waals surface area contributed by atoms with Crippen molar-refractivity contribution in [2.45, 2.75) is 13.5 Å². The first-order chi connectivity index (χ1) is 13.5. The van der Waals surface area contributed by atoms with Crippen molar-refractivity contribution in [1.82, 2.24) is 4.57 Å². The van der Waals surface area contributed by atoms with Gasteiger partial charge in [-0.25, -0.2) is 0 Å². The Bertz CT molecular complexity index is 1090. The average molecular weight is 382 g/mol. The summed E-state index contributed by atoms with van der Waals surface area (Å²) in [5.74, 6) is 1.25. The van der Waals surface area contributed by atoms with Gasteiger partial charge in [0, 0.05) is 17.5 Å². The van der Waals surface area contributed by atoms with Gasteiger partial charge in [-0.2, -0.15) is 0 Å². The maximum absolute atomic E-state index is 12.7. The minimum atomic E-state index is -0.360. The zero-order chi connectivity index (χ0) is 20.3. The highest BCUT2D eigenvalue weighted by Gasteiger charge is 2.15. The van der Waals surface area contributed by atoms with Crippen LogP contribution in [-0.4, -0.2) is 31.8 Å². The van der Waals surface area contributed by atoms with Crippen molar-refractivity contribution in [3.63, 3.8) is 0 Å². The van der Waals surface area contributed by atoms with Gasteiger partial charge in [0.05, 0.1) is 32.5 Å². The molecule has 0 saturated carbocycles. The number of aryl methyl sites for hydroxylation is 1. The molecule has 1 aromatic heterocycles. The average Bonchev–Trinajstić information content (AvgIpc) is 2.70. The summed E-state index contributed by atoms with van der Waals surface area (Å²) in [6, 6.07) is 12.1. The van der Waals surface area contributed by atoms with Crippen LogP contribution in [0.5, 0.6) is 17.2 Å². The van der Waals surface area contributed by atoms with Crippen LogP contribution in [0.2, 0.25) is 0 Å². The minimum Gasteiger partial charge on any atom is -0.497 e. The molecule has 7 nitrogen and oxygen atoms in total. The molecule has 0 aliphatic rings. The zero-order valence-electron chi connectivity index (χ0n) is 16.2. The number of fused-ring (bicyclic) bond motifs is 1. The van der Waals surface area contributed by atoms with E-state index < -0.39 is 0 Å². The number of benzene rings is 2. The summed E-state index contributed by atoms with van der Waals surface area (Å²) in [5.41, 5.74) is 1.63. The normalized spacial score (nSPS) is 10.6. The van der Waals surface area contributed by atoms with Crippen LogP contribution in [0.4, 0.5) is 5.69 Å². The first kappa shape index (κ1) is 19.3. The van der Waals surface area contributed by atoms with E-state index >= 15 is 0 Å². The van der Waals surface area contributed by atoms with Crippen molar-refractivity contribution in [1.29, 1.82) is 0 Å². The zero-order valence-corrected chi connectivity index (χ0v) is 16.2. The summed E-state index contributed by atoms with van der Waals surface area (Å²) in [6.45, 7) is 1.70. The lowest BCUT2D eigenvalue weighted by molar-refractivity contribution is -0.116. The SMILES string of the molecule is COc1ccc(NC(=O)Cn2c(=O)cc(C)c3cccc(OC)c32)c(OC)c1. The van der Waals surface area contributed by atoms with Gasteiger partial charge in [-0.1, -0.05) is 12.1 Å². The number of amides is 1. The van der Waals surface area contributed by atoms with E-state index in [1.165, 1.54) is 24.9 Å². The van der Waals surface area contributed by atoms with Crippen LogP contribution in [0.1, 0.15) is 5.56 Å². The van der Waals surface area contributed by atoms with Crippen LogP contribution < -0.4 is 25.1 Å². The molecule has 2 aromatic carbocycles. The summed E-state index contributed by atoms with van der Waals surface area (Å²) >= 11 is 0. The highest BCUT2D eigenvalue weighted by atomic mass is 16.5. The number of anilines is 1. The predicted octanol–water partition coefficient (Wildman–Crippen LogP) is 2.97. The lowest BCUT2D eigenvalue weighted by Crippen LogP contribution is -2.28. The molecule has 146 valence electrons. The largest absolute Gasteiger partial charge is 0.497 e. The fraction of sp³-hybridized carbons (Fsp3) is 0.238. The Morgan fingerprint density at radius 1 is 1.00 bits per heavy atom. The van der Waals surface area contributed by atoms with Gasteiger partial charge in [0.15, 0.2) is 0 Å². The third kappa shape index (κ3) is 3.64. The van der Waals surface area contributed by atoms with Gasteiger partial charge >= 0.3 is 0 Å². The van der Waals surface area contributed by atoms with Crippen LogP contribution in [0.3, 0.4) is 0 Å². The van der Waals surface area contributed by atoms with Crippen molar-refractivity contribution in [2.75, 3.05) is 26.6 Å². The molecule has 0 atom stereocenters. The highest BCUT2D eigenvalue weighted by molar-refractivity contribution is 5.94. The Hall–Kier alpha value is -3.48. The van der Waals surface area contributed by atoms with E-state index in [0.717, 1.165) is 10.9 Å². The lowest BCUT2D eigenvalue weighted by atomic mass is 10.1. The van der Waals surface area contributed by atoms with Crippen molar-refractivity contribution >= 4 is 22.5 Å². The van der Waals surface area contributed by atoms with Crippen LogP contribution in [0, 0.1) is 6.92 Å². The molecule has 3 aromatic rings. The third-order valence-corrected chi connectivity index (χ3v) is 4.50. The topological polar surface area (TPSA) is 78.8 Å². The van der Waals surface area contributed by atoms with Crippen LogP contribution >= 0.6 is 0 Å². The van der Waals surface area contributed by atoms with Gasteiger partial charge in [-0.15, -0.1) is 0 Å². The van der Waals surface area contributed by atoms with Crippen LogP contribution in [-0.2, 0) is 11.3 Å². The molecule has 0 spiro atoms. The summed E-state index contributed by atoms with van der Waals surface area (Å²) in [4.78, 5) is 25.3. The maximum atomic E-state index is 12.7. The van der Waals surface area contributed by atoms with Gasteiger partial charge in [0.2, 0.25) is 5.91 Å². The van der Waals surface area contributed by atoms with Crippen LogP contribution in [0.25, 0.3) is 10.9 Å². The lowest BCUT2D eigenvalue weighted by Gasteiger charge is -2.16. The first-order valence-electron chi connectivity index (χ1n) is 8.67. The molecule has 0 aliphatic carbocycles. The second-order valence-corrected chi connectivity index (χ2v) is 6.22. The molecular weight excluding hydrogens is 360 g/mol. The molecule has 0 radical (unpaired) electrons. The number of rotatable bonds is 6. The number of carbonyl (C=O) groups is 1. The number of carbonyl (C=O) groups excluding carboxylic acids is 1. The summed E-state index contributed by atoms with van der Waals surface area (Å²) in [5, 5.41) is 3.64. The highest BCUT2D eigenvalue weighted by Crippen LogP contribution is 2.29. The van der Waals surface area contributed by atoms with E-state index in [1.807, 2.05) is 19.1 Å². The molecule has 0 saturated heterocycles. The molecule has 1 amide bonds. The Morgan fingerprint density at radius 3 is 2.43 bits per heavy atom. The fourth-order valence-corrected chi connectivity index (χ4v) is 3.13. The summed E-state index contributed by atoms with van der Waals surface area (Å²) < 4.78 is 17.3. The molecule has 0 aliphatic heterocycles. The smallest absolute Gasteiger partial charge is 0.251 e. The molecule has 3 rings (SSSR count). The molecule has 28 heavy (non-hydrogen) atoms. The Kier molecular flexibility index (Phi) is 5.54. The molecule has 1 N–H and O–H groups in total. The summed E-state index contributed by atoms with van der Waals surface area (Å²) in [6.07, 6.45) is 0.